The summed E-state index contributed by atoms with van der Waals surface area (Å²) in [5.74, 6) is -0.696. The number of methoxy groups -OCH3 is 2. The van der Waals surface area contributed by atoms with E-state index in [1.807, 2.05) is 13.0 Å². The second kappa shape index (κ2) is 9.76. The van der Waals surface area contributed by atoms with Crippen LogP contribution in [-0.2, 0) is 9.59 Å². The summed E-state index contributed by atoms with van der Waals surface area (Å²) in [6.45, 7) is 11.5. The van der Waals surface area contributed by atoms with E-state index in [1.165, 1.54) is 14.2 Å². The number of imide groups is 2. The molecule has 2 aromatic carbocycles. The fourth-order valence-electron chi connectivity index (χ4n) is 5.03. The number of nitrogens with zero attached hydrogens (tertiary/aromatic N) is 2. The van der Waals surface area contributed by atoms with Gasteiger partial charge in [-0.05, 0) is 81.2 Å². The minimum absolute atomic E-state index is 0.128. The zero-order valence-electron chi connectivity index (χ0n) is 22.4. The van der Waals surface area contributed by atoms with E-state index in [-0.39, 0.29) is 22.5 Å². The maximum Gasteiger partial charge on any atom is 0.336 e. The molecule has 0 saturated carbocycles. The largest absolute Gasteiger partial charge is 0.497 e. The molecule has 0 bridgehead atoms. The van der Waals surface area contributed by atoms with E-state index in [0.29, 0.717) is 5.75 Å². The normalized spacial score (nSPS) is 18.0. The minimum atomic E-state index is -0.839. The highest BCUT2D eigenvalue weighted by atomic mass is 16.5. The average Bonchev–Trinajstić information content (AvgIpc) is 2.84. The number of urea groups is 1. The van der Waals surface area contributed by atoms with Gasteiger partial charge in [0.05, 0.1) is 25.4 Å². The van der Waals surface area contributed by atoms with E-state index in [1.54, 1.807) is 24.3 Å². The summed E-state index contributed by atoms with van der Waals surface area (Å²) in [5, 5.41) is 2.29. The van der Waals surface area contributed by atoms with E-state index >= 15 is 0 Å². The van der Waals surface area contributed by atoms with Crippen LogP contribution >= 0.6 is 0 Å². The fraction of sp³-hybridized carbons (Fsp3) is 0.345. The summed E-state index contributed by atoms with van der Waals surface area (Å²) in [7, 11) is 2.94. The number of benzene rings is 2. The molecule has 2 aromatic rings. The summed E-state index contributed by atoms with van der Waals surface area (Å²) in [4.78, 5) is 42.4. The summed E-state index contributed by atoms with van der Waals surface area (Å²) in [5.41, 5.74) is 4.92. The van der Waals surface area contributed by atoms with Gasteiger partial charge in [-0.3, -0.25) is 14.9 Å². The maximum atomic E-state index is 13.5. The highest BCUT2D eigenvalue weighted by molar-refractivity contribution is 6.39. The number of barbiturate groups is 1. The summed E-state index contributed by atoms with van der Waals surface area (Å²) in [6.07, 6.45) is 4.81. The lowest BCUT2D eigenvalue weighted by Gasteiger charge is -2.43. The van der Waals surface area contributed by atoms with Crippen LogP contribution in [0.1, 0.15) is 50.8 Å². The van der Waals surface area contributed by atoms with E-state index in [0.717, 1.165) is 45.8 Å². The molecule has 2 heterocycles. The van der Waals surface area contributed by atoms with Crippen molar-refractivity contribution in [3.8, 4) is 11.5 Å². The van der Waals surface area contributed by atoms with Crippen LogP contribution in [0.15, 0.2) is 42.0 Å². The monoisotopic (exact) mass is 503 g/mol. The fourth-order valence-corrected chi connectivity index (χ4v) is 5.03. The smallest absolute Gasteiger partial charge is 0.336 e. The molecule has 1 N–H and O–H groups in total. The van der Waals surface area contributed by atoms with Crippen molar-refractivity contribution < 1.29 is 23.9 Å². The molecule has 4 amide bonds. The number of carbonyl (C=O) groups excluding carboxylic acids is 3. The van der Waals surface area contributed by atoms with Gasteiger partial charge in [0, 0.05) is 23.9 Å². The van der Waals surface area contributed by atoms with E-state index < -0.39 is 17.8 Å². The molecule has 37 heavy (non-hydrogen) atoms. The lowest BCUT2D eigenvalue weighted by atomic mass is 9.86. The number of aryl methyl sites for hydroxylation is 1. The number of hydrogen-bond acceptors (Lipinski definition) is 6. The van der Waals surface area contributed by atoms with Crippen molar-refractivity contribution in [3.05, 3.63) is 58.7 Å². The summed E-state index contributed by atoms with van der Waals surface area (Å²) in [6, 6.07) is 8.01. The highest BCUT2D eigenvalue weighted by Crippen LogP contribution is 2.41. The lowest BCUT2D eigenvalue weighted by Crippen LogP contribution is -2.54. The molecule has 0 aliphatic carbocycles. The van der Waals surface area contributed by atoms with Crippen molar-refractivity contribution in [1.82, 2.24) is 5.32 Å². The Morgan fingerprint density at radius 3 is 2.38 bits per heavy atom. The van der Waals surface area contributed by atoms with Gasteiger partial charge in [0.1, 0.15) is 17.1 Å². The minimum Gasteiger partial charge on any atom is -0.497 e. The molecule has 2 aliphatic rings. The topological polar surface area (TPSA) is 88.2 Å². The first-order valence-electron chi connectivity index (χ1n) is 12.3. The molecule has 0 unspecified atom stereocenters. The van der Waals surface area contributed by atoms with E-state index in [4.69, 9.17) is 9.47 Å². The van der Waals surface area contributed by atoms with Crippen LogP contribution < -0.4 is 24.6 Å². The first kappa shape index (κ1) is 26.0. The molecule has 1 fully saturated rings. The van der Waals surface area contributed by atoms with Crippen LogP contribution in [0.5, 0.6) is 11.5 Å². The molecule has 4 rings (SSSR count). The third-order valence-corrected chi connectivity index (χ3v) is 6.84. The van der Waals surface area contributed by atoms with Crippen molar-refractivity contribution in [3.63, 3.8) is 0 Å². The van der Waals surface area contributed by atoms with Crippen LogP contribution in [-0.4, -0.2) is 44.1 Å². The van der Waals surface area contributed by atoms with Crippen LogP contribution in [0.4, 0.5) is 16.2 Å². The molecule has 2 aliphatic heterocycles. The number of amides is 4. The first-order chi connectivity index (χ1) is 17.5. The van der Waals surface area contributed by atoms with Crippen molar-refractivity contribution in [1.29, 1.82) is 0 Å². The van der Waals surface area contributed by atoms with Crippen molar-refractivity contribution in [2.45, 2.75) is 46.6 Å². The Morgan fingerprint density at radius 1 is 1.00 bits per heavy atom. The number of allylic oxidation sites excluding steroid dienone is 1. The Labute approximate surface area is 217 Å². The van der Waals surface area contributed by atoms with Crippen molar-refractivity contribution in [2.24, 2.45) is 0 Å². The van der Waals surface area contributed by atoms with Gasteiger partial charge in [0.25, 0.3) is 11.8 Å². The lowest BCUT2D eigenvalue weighted by molar-refractivity contribution is -0.122. The van der Waals surface area contributed by atoms with Gasteiger partial charge in [-0.25, -0.2) is 9.69 Å². The van der Waals surface area contributed by atoms with Gasteiger partial charge in [-0.15, -0.1) is 0 Å². The molecule has 0 atom stereocenters. The van der Waals surface area contributed by atoms with Gasteiger partial charge in [-0.2, -0.15) is 0 Å². The second-order valence-electron chi connectivity index (χ2n) is 9.85. The standard InChI is InChI=1S/C29H33N3O5/c1-8-11-31-24-12-17(2)19(13-21(24)18(3)16-29(31,4)5)14-22-26(33)30-28(35)32(27(22)34)23-10-9-20(36-6)15-25(23)37-7/h9-10,12-16H,8,11H2,1-7H3,(H,30,33,35)/b22-14-. The SMILES string of the molecule is CCCN1c2cc(C)c(/C=C3/C(=O)NC(=O)N(c4ccc(OC)cc4OC)C3=O)cc2C(C)=CC1(C)C. The molecule has 8 nitrogen and oxygen atoms in total. The summed E-state index contributed by atoms with van der Waals surface area (Å²) >= 11 is 0. The average molecular weight is 504 g/mol. The number of ether oxygens (including phenoxy) is 2. The number of fused-ring (bicyclic) bond motifs is 1. The molecule has 0 aromatic heterocycles. The Hall–Kier alpha value is -4.07. The van der Waals surface area contributed by atoms with Crippen LogP contribution in [0.2, 0.25) is 0 Å². The highest BCUT2D eigenvalue weighted by Gasteiger charge is 2.38. The predicted molar refractivity (Wildman–Crippen MR) is 145 cm³/mol. The number of rotatable bonds is 6. The first-order valence-corrected chi connectivity index (χ1v) is 12.3. The van der Waals surface area contributed by atoms with Gasteiger partial charge < -0.3 is 14.4 Å². The molecule has 0 radical (unpaired) electrons. The van der Waals surface area contributed by atoms with Crippen LogP contribution in [0.3, 0.4) is 0 Å². The zero-order valence-corrected chi connectivity index (χ0v) is 22.4. The number of hydrogen-bond donors (Lipinski definition) is 1. The van der Waals surface area contributed by atoms with Gasteiger partial charge in [-0.1, -0.05) is 13.0 Å². The Balaban J connectivity index is 1.80. The zero-order chi connectivity index (χ0) is 27.1. The van der Waals surface area contributed by atoms with E-state index in [2.05, 4.69) is 50.1 Å². The molecule has 8 heteroatoms. The van der Waals surface area contributed by atoms with Gasteiger partial charge in [0.2, 0.25) is 0 Å². The van der Waals surface area contributed by atoms with E-state index in [9.17, 15) is 14.4 Å². The van der Waals surface area contributed by atoms with Crippen molar-refractivity contribution >= 4 is 40.9 Å². The second-order valence-corrected chi connectivity index (χ2v) is 9.85. The Morgan fingerprint density at radius 2 is 1.73 bits per heavy atom. The predicted octanol–water partition coefficient (Wildman–Crippen LogP) is 5.09. The van der Waals surface area contributed by atoms with Crippen LogP contribution in [0.25, 0.3) is 11.6 Å². The molecule has 1 saturated heterocycles. The molecule has 194 valence electrons. The summed E-state index contributed by atoms with van der Waals surface area (Å²) < 4.78 is 10.6. The third kappa shape index (κ3) is 4.59. The van der Waals surface area contributed by atoms with Gasteiger partial charge in [0.15, 0.2) is 0 Å². The number of nitrogens with one attached hydrogen (secondary N) is 1. The Bertz CT molecular complexity index is 1360. The molecule has 0 spiro atoms. The number of anilines is 2. The number of carbonyl (C=O) groups is 3. The molecular weight excluding hydrogens is 470 g/mol. The maximum absolute atomic E-state index is 13.5. The molecular formula is C29H33N3O5. The Kier molecular flexibility index (Phi) is 6.86. The van der Waals surface area contributed by atoms with Crippen molar-refractivity contribution in [2.75, 3.05) is 30.6 Å². The van der Waals surface area contributed by atoms with Gasteiger partial charge >= 0.3 is 6.03 Å². The third-order valence-electron chi connectivity index (χ3n) is 6.84. The quantitative estimate of drug-likeness (QED) is 0.436. The van der Waals surface area contributed by atoms with Crippen LogP contribution in [0, 0.1) is 6.92 Å².